The van der Waals surface area contributed by atoms with E-state index in [4.69, 9.17) is 9.47 Å². The van der Waals surface area contributed by atoms with Gasteiger partial charge in [-0.25, -0.2) is 4.79 Å². The van der Waals surface area contributed by atoms with E-state index in [2.05, 4.69) is 39.1 Å². The predicted molar refractivity (Wildman–Crippen MR) is 119 cm³/mol. The number of benzene rings is 1. The summed E-state index contributed by atoms with van der Waals surface area (Å²) < 4.78 is 11.4. The van der Waals surface area contributed by atoms with Crippen molar-refractivity contribution in [3.05, 3.63) is 27.7 Å². The van der Waals surface area contributed by atoms with Crippen molar-refractivity contribution in [1.29, 1.82) is 0 Å². The monoisotopic (exact) mass is 470 g/mol. The Balaban J connectivity index is 2.08. The molecular formula is C22H35BrN2O4. The summed E-state index contributed by atoms with van der Waals surface area (Å²) in [4.78, 5) is 14.4. The minimum atomic E-state index is -0.946. The van der Waals surface area contributed by atoms with Gasteiger partial charge in [0.15, 0.2) is 6.29 Å². The number of aliphatic hydroxyl groups excluding tert-OH is 1. The van der Waals surface area contributed by atoms with Crippen LogP contribution in [0.3, 0.4) is 0 Å². The van der Waals surface area contributed by atoms with Crippen LogP contribution in [0, 0.1) is 6.92 Å². The number of carbonyl (C=O) groups excluding carboxylic acids is 1. The average molecular weight is 471 g/mol. The predicted octanol–water partition coefficient (Wildman–Crippen LogP) is 5.06. The summed E-state index contributed by atoms with van der Waals surface area (Å²) >= 11 is 3.57. The van der Waals surface area contributed by atoms with E-state index in [0.29, 0.717) is 6.04 Å². The number of halogens is 1. The van der Waals surface area contributed by atoms with Gasteiger partial charge < -0.3 is 24.8 Å². The summed E-state index contributed by atoms with van der Waals surface area (Å²) in [7, 11) is 1.50. The molecule has 0 spiro atoms. The fourth-order valence-corrected chi connectivity index (χ4v) is 4.46. The number of anilines is 1. The lowest BCUT2D eigenvalue weighted by Crippen LogP contribution is -2.45. The van der Waals surface area contributed by atoms with Crippen molar-refractivity contribution in [3.63, 3.8) is 0 Å². The van der Waals surface area contributed by atoms with Gasteiger partial charge in [0.25, 0.3) is 0 Å². The van der Waals surface area contributed by atoms with Crippen LogP contribution in [-0.4, -0.2) is 42.5 Å². The molecule has 29 heavy (non-hydrogen) atoms. The summed E-state index contributed by atoms with van der Waals surface area (Å²) in [6.45, 7) is 10.7. The Bertz CT molecular complexity index is 697. The van der Waals surface area contributed by atoms with Crippen LogP contribution in [0.15, 0.2) is 16.6 Å². The van der Waals surface area contributed by atoms with Crippen molar-refractivity contribution >= 4 is 27.7 Å². The summed E-state index contributed by atoms with van der Waals surface area (Å²) in [6.07, 6.45) is 2.53. The Hall–Kier alpha value is -1.31. The molecule has 0 radical (unpaired) electrons. The molecular weight excluding hydrogens is 436 g/mol. The van der Waals surface area contributed by atoms with Crippen LogP contribution in [0.1, 0.15) is 70.8 Å². The lowest BCUT2D eigenvalue weighted by molar-refractivity contribution is -0.0773. The van der Waals surface area contributed by atoms with Gasteiger partial charge >= 0.3 is 6.09 Å². The molecule has 1 aliphatic carbocycles. The van der Waals surface area contributed by atoms with Gasteiger partial charge in [0, 0.05) is 41.5 Å². The number of nitrogens with one attached hydrogen (secondary N) is 1. The number of alkyl carbamates (subject to hydrolysis) is 1. The maximum atomic E-state index is 12.0. The minimum absolute atomic E-state index is 0.147. The van der Waals surface area contributed by atoms with E-state index in [9.17, 15) is 9.90 Å². The summed E-state index contributed by atoms with van der Waals surface area (Å²) in [5.41, 5.74) is 2.42. The van der Waals surface area contributed by atoms with E-state index in [0.717, 1.165) is 53.5 Å². The number of ether oxygens (including phenoxy) is 2. The molecule has 1 atom stereocenters. The third kappa shape index (κ3) is 6.59. The maximum absolute atomic E-state index is 12.0. The Morgan fingerprint density at radius 3 is 2.45 bits per heavy atom. The normalized spacial score (nSPS) is 20.8. The molecule has 0 heterocycles. The molecule has 2 rings (SSSR count). The summed E-state index contributed by atoms with van der Waals surface area (Å²) in [5, 5.41) is 13.2. The van der Waals surface area contributed by atoms with Crippen molar-refractivity contribution in [2.24, 2.45) is 0 Å². The molecule has 0 aliphatic heterocycles. The van der Waals surface area contributed by atoms with E-state index in [-0.39, 0.29) is 12.1 Å². The SMILES string of the molecule is CCN(c1cc(Br)cc(C(O)OC)c1C)C1CCC(NC(=O)OC(C)(C)C)CC1. The lowest BCUT2D eigenvalue weighted by Gasteiger charge is -2.39. The highest BCUT2D eigenvalue weighted by Crippen LogP contribution is 2.35. The molecule has 1 amide bonds. The van der Waals surface area contributed by atoms with Crippen molar-refractivity contribution in [3.8, 4) is 0 Å². The molecule has 0 saturated heterocycles. The van der Waals surface area contributed by atoms with Crippen LogP contribution in [0.4, 0.5) is 10.5 Å². The van der Waals surface area contributed by atoms with Gasteiger partial charge in [-0.05, 0) is 78.0 Å². The number of aliphatic hydroxyl groups is 1. The van der Waals surface area contributed by atoms with Crippen LogP contribution in [0.25, 0.3) is 0 Å². The molecule has 1 aliphatic rings. The fourth-order valence-electron chi connectivity index (χ4n) is 4.00. The fraction of sp³-hybridized carbons (Fsp3) is 0.682. The first kappa shape index (κ1) is 24.0. The Morgan fingerprint density at radius 1 is 1.31 bits per heavy atom. The van der Waals surface area contributed by atoms with Crippen LogP contribution < -0.4 is 10.2 Å². The molecule has 1 fully saturated rings. The topological polar surface area (TPSA) is 71.0 Å². The van der Waals surface area contributed by atoms with E-state index in [1.54, 1.807) is 0 Å². The summed E-state index contributed by atoms with van der Waals surface area (Å²) in [5.74, 6) is 0. The highest BCUT2D eigenvalue weighted by molar-refractivity contribution is 9.10. The Morgan fingerprint density at radius 2 is 1.93 bits per heavy atom. The number of nitrogens with zero attached hydrogens (tertiary/aromatic N) is 1. The molecule has 164 valence electrons. The highest BCUT2D eigenvalue weighted by atomic mass is 79.9. The third-order valence-electron chi connectivity index (χ3n) is 5.38. The van der Waals surface area contributed by atoms with Crippen molar-refractivity contribution < 1.29 is 19.4 Å². The number of hydrogen-bond acceptors (Lipinski definition) is 5. The second-order valence-corrected chi connectivity index (χ2v) is 9.58. The number of hydrogen-bond donors (Lipinski definition) is 2. The number of amides is 1. The smallest absolute Gasteiger partial charge is 0.407 e. The van der Waals surface area contributed by atoms with Gasteiger partial charge in [-0.15, -0.1) is 0 Å². The van der Waals surface area contributed by atoms with Gasteiger partial charge in [-0.3, -0.25) is 0 Å². The Kier molecular flexibility index (Phi) is 8.37. The Labute approximate surface area is 183 Å². The van der Waals surface area contributed by atoms with E-state index in [1.807, 2.05) is 33.8 Å². The third-order valence-corrected chi connectivity index (χ3v) is 5.84. The first-order valence-corrected chi connectivity index (χ1v) is 11.1. The molecule has 2 N–H and O–H groups in total. The van der Waals surface area contributed by atoms with Gasteiger partial charge in [-0.2, -0.15) is 0 Å². The second-order valence-electron chi connectivity index (χ2n) is 8.66. The molecule has 1 aromatic carbocycles. The van der Waals surface area contributed by atoms with Crippen molar-refractivity contribution in [2.75, 3.05) is 18.6 Å². The van der Waals surface area contributed by atoms with Crippen molar-refractivity contribution in [1.82, 2.24) is 5.32 Å². The molecule has 7 heteroatoms. The maximum Gasteiger partial charge on any atom is 0.407 e. The number of carbonyl (C=O) groups is 1. The molecule has 1 saturated carbocycles. The van der Waals surface area contributed by atoms with Gasteiger partial charge in [-0.1, -0.05) is 15.9 Å². The van der Waals surface area contributed by atoms with Gasteiger partial charge in [0.1, 0.15) is 5.60 Å². The first-order valence-electron chi connectivity index (χ1n) is 10.3. The largest absolute Gasteiger partial charge is 0.444 e. The number of methoxy groups -OCH3 is 1. The highest BCUT2D eigenvalue weighted by Gasteiger charge is 2.29. The standard InChI is InChI=1S/C22H35BrN2O4/c1-7-25(19-13-15(23)12-18(14(19)2)20(26)28-6)17-10-8-16(9-11-17)24-21(27)29-22(3,4)5/h12-13,16-17,20,26H,7-11H2,1-6H3,(H,24,27). The molecule has 6 nitrogen and oxygen atoms in total. The minimum Gasteiger partial charge on any atom is -0.444 e. The van der Waals surface area contributed by atoms with Crippen LogP contribution in [0.5, 0.6) is 0 Å². The van der Waals surface area contributed by atoms with E-state index >= 15 is 0 Å². The lowest BCUT2D eigenvalue weighted by atomic mass is 9.89. The van der Waals surface area contributed by atoms with Crippen LogP contribution in [-0.2, 0) is 9.47 Å². The zero-order valence-electron chi connectivity index (χ0n) is 18.4. The molecule has 0 aromatic heterocycles. The van der Waals surface area contributed by atoms with Crippen molar-refractivity contribution in [2.45, 2.75) is 84.3 Å². The molecule has 1 aromatic rings. The quantitative estimate of drug-likeness (QED) is 0.568. The van der Waals surface area contributed by atoms with Crippen LogP contribution in [0.2, 0.25) is 0 Å². The number of rotatable bonds is 6. The summed E-state index contributed by atoms with van der Waals surface area (Å²) in [6, 6.07) is 4.55. The zero-order valence-corrected chi connectivity index (χ0v) is 20.0. The zero-order chi connectivity index (χ0) is 21.8. The van der Waals surface area contributed by atoms with Gasteiger partial charge in [0.2, 0.25) is 0 Å². The van der Waals surface area contributed by atoms with E-state index in [1.165, 1.54) is 7.11 Å². The first-order chi connectivity index (χ1) is 13.6. The second kappa shape index (κ2) is 10.1. The average Bonchev–Trinajstić information content (AvgIpc) is 2.63. The van der Waals surface area contributed by atoms with Gasteiger partial charge in [0.05, 0.1) is 0 Å². The molecule has 0 bridgehead atoms. The van der Waals surface area contributed by atoms with Crippen LogP contribution >= 0.6 is 15.9 Å². The van der Waals surface area contributed by atoms with E-state index < -0.39 is 11.9 Å². The molecule has 1 unspecified atom stereocenters.